The minimum absolute atomic E-state index is 0.115. The van der Waals surface area contributed by atoms with Crippen LogP contribution in [0.1, 0.15) is 40.4 Å². The maximum atomic E-state index is 6.12. The molecule has 1 atom stereocenters. The first-order chi connectivity index (χ1) is 9.09. The first-order valence-corrected chi connectivity index (χ1v) is 7.43. The fraction of sp³-hybridized carbons (Fsp3) is 0.733. The summed E-state index contributed by atoms with van der Waals surface area (Å²) in [6.45, 7) is 11.6. The third kappa shape index (κ3) is 5.25. The average molecular weight is 299 g/mol. The zero-order valence-electron chi connectivity index (χ0n) is 13.7. The lowest BCUT2D eigenvalue weighted by Gasteiger charge is -2.27. The van der Waals surface area contributed by atoms with Crippen LogP contribution in [-0.4, -0.2) is 41.5 Å². The number of halogens is 1. The molecular weight excluding hydrogens is 272 g/mol. The normalized spacial score (nSPS) is 13.9. The highest BCUT2D eigenvalue weighted by atomic mass is 35.5. The summed E-state index contributed by atoms with van der Waals surface area (Å²) in [6.07, 6.45) is 0. The summed E-state index contributed by atoms with van der Waals surface area (Å²) in [4.78, 5) is 11.1. The second-order valence-electron chi connectivity index (χ2n) is 6.91. The zero-order chi connectivity index (χ0) is 15.5. The number of aromatic nitrogens is 2. The lowest BCUT2D eigenvalue weighted by atomic mass is 9.96. The molecule has 0 spiro atoms. The van der Waals surface area contributed by atoms with Crippen molar-refractivity contribution >= 4 is 17.4 Å². The Hall–Kier alpha value is -0.870. The molecule has 0 aliphatic heterocycles. The van der Waals surface area contributed by atoms with Crippen LogP contribution in [0.3, 0.4) is 0 Å². The van der Waals surface area contributed by atoms with E-state index in [-0.39, 0.29) is 5.41 Å². The van der Waals surface area contributed by atoms with Crippen LogP contribution in [0.4, 0.5) is 5.82 Å². The molecule has 5 heteroatoms. The lowest BCUT2D eigenvalue weighted by Crippen LogP contribution is -2.37. The van der Waals surface area contributed by atoms with Crippen LogP contribution >= 0.6 is 11.6 Å². The highest BCUT2D eigenvalue weighted by molar-refractivity contribution is 6.29. The molecule has 0 amide bonds. The predicted molar refractivity (Wildman–Crippen MR) is 86.5 cm³/mol. The summed E-state index contributed by atoms with van der Waals surface area (Å²) < 4.78 is 0. The van der Waals surface area contributed by atoms with Crippen LogP contribution in [0.2, 0.25) is 5.15 Å². The minimum atomic E-state index is -0.115. The molecule has 1 unspecified atom stereocenters. The molecule has 114 valence electrons. The van der Waals surface area contributed by atoms with E-state index in [1.165, 1.54) is 0 Å². The quantitative estimate of drug-likeness (QED) is 0.846. The van der Waals surface area contributed by atoms with Crippen molar-refractivity contribution in [3.63, 3.8) is 0 Å². The fourth-order valence-corrected chi connectivity index (χ4v) is 2.02. The van der Waals surface area contributed by atoms with Crippen molar-refractivity contribution in [3.8, 4) is 0 Å². The third-order valence-corrected chi connectivity index (χ3v) is 3.26. The van der Waals surface area contributed by atoms with Gasteiger partial charge in [0.2, 0.25) is 0 Å². The molecule has 0 bridgehead atoms. The Morgan fingerprint density at radius 3 is 2.30 bits per heavy atom. The molecule has 1 heterocycles. The van der Waals surface area contributed by atoms with Crippen LogP contribution in [0, 0.1) is 5.92 Å². The van der Waals surface area contributed by atoms with E-state index >= 15 is 0 Å². The van der Waals surface area contributed by atoms with Crippen LogP contribution in [0.5, 0.6) is 0 Å². The number of likely N-dealkylation sites (N-methyl/N-ethyl adjacent to an activating group) is 1. The van der Waals surface area contributed by atoms with Gasteiger partial charge in [-0.05, 0) is 20.0 Å². The lowest BCUT2D eigenvalue weighted by molar-refractivity contribution is 0.344. The van der Waals surface area contributed by atoms with Crippen molar-refractivity contribution in [2.45, 2.75) is 46.1 Å². The third-order valence-electron chi connectivity index (χ3n) is 3.07. The van der Waals surface area contributed by atoms with E-state index in [4.69, 9.17) is 11.6 Å². The Balaban J connectivity index is 2.98. The predicted octanol–water partition coefficient (Wildman–Crippen LogP) is 3.43. The number of nitrogens with zero attached hydrogens (tertiary/aromatic N) is 3. The SMILES string of the molecule is CC(C)C(CN(C)C)Nc1cc(Cl)nc(C(C)(C)C)n1. The van der Waals surface area contributed by atoms with Gasteiger partial charge in [-0.15, -0.1) is 0 Å². The monoisotopic (exact) mass is 298 g/mol. The van der Waals surface area contributed by atoms with Crippen LogP contribution in [-0.2, 0) is 5.41 Å². The molecule has 1 aromatic rings. The molecule has 1 rings (SSSR count). The largest absolute Gasteiger partial charge is 0.366 e. The molecule has 20 heavy (non-hydrogen) atoms. The van der Waals surface area contributed by atoms with Gasteiger partial charge < -0.3 is 10.2 Å². The van der Waals surface area contributed by atoms with Crippen molar-refractivity contribution in [2.75, 3.05) is 26.0 Å². The molecule has 0 aromatic carbocycles. The summed E-state index contributed by atoms with van der Waals surface area (Å²) in [7, 11) is 4.15. The van der Waals surface area contributed by atoms with E-state index in [0.29, 0.717) is 17.1 Å². The van der Waals surface area contributed by atoms with Gasteiger partial charge in [0.1, 0.15) is 16.8 Å². The molecule has 1 N–H and O–H groups in total. The Morgan fingerprint density at radius 1 is 1.25 bits per heavy atom. The fourth-order valence-electron chi connectivity index (χ4n) is 1.83. The molecule has 0 aliphatic rings. The minimum Gasteiger partial charge on any atom is -0.366 e. The van der Waals surface area contributed by atoms with Gasteiger partial charge in [0.05, 0.1) is 0 Å². The van der Waals surface area contributed by atoms with E-state index in [9.17, 15) is 0 Å². The molecule has 0 saturated carbocycles. The molecule has 1 aromatic heterocycles. The smallest absolute Gasteiger partial charge is 0.137 e. The Labute approximate surface area is 127 Å². The van der Waals surface area contributed by atoms with Gasteiger partial charge in [0.15, 0.2) is 0 Å². The van der Waals surface area contributed by atoms with Gasteiger partial charge in [-0.3, -0.25) is 0 Å². The van der Waals surface area contributed by atoms with E-state index in [1.54, 1.807) is 6.07 Å². The number of anilines is 1. The van der Waals surface area contributed by atoms with Crippen molar-refractivity contribution in [2.24, 2.45) is 5.92 Å². The highest BCUT2D eigenvalue weighted by Gasteiger charge is 2.20. The van der Waals surface area contributed by atoms with Crippen LogP contribution in [0.15, 0.2) is 6.07 Å². The summed E-state index contributed by atoms with van der Waals surface area (Å²) in [5, 5.41) is 3.97. The molecular formula is C15H27ClN4. The first-order valence-electron chi connectivity index (χ1n) is 7.06. The summed E-state index contributed by atoms with van der Waals surface area (Å²) in [5.41, 5.74) is -0.115. The number of rotatable bonds is 5. The summed E-state index contributed by atoms with van der Waals surface area (Å²) >= 11 is 6.12. The van der Waals surface area contributed by atoms with E-state index in [2.05, 4.69) is 68.9 Å². The molecule has 0 aliphatic carbocycles. The van der Waals surface area contributed by atoms with Crippen LogP contribution < -0.4 is 5.32 Å². The number of hydrogen-bond donors (Lipinski definition) is 1. The van der Waals surface area contributed by atoms with Crippen molar-refractivity contribution < 1.29 is 0 Å². The Bertz CT molecular complexity index is 438. The first kappa shape index (κ1) is 17.2. The Morgan fingerprint density at radius 2 is 1.85 bits per heavy atom. The van der Waals surface area contributed by atoms with E-state index < -0.39 is 0 Å². The topological polar surface area (TPSA) is 41.0 Å². The van der Waals surface area contributed by atoms with Crippen molar-refractivity contribution in [1.29, 1.82) is 0 Å². The molecule has 0 fully saturated rings. The number of nitrogens with one attached hydrogen (secondary N) is 1. The number of hydrogen-bond acceptors (Lipinski definition) is 4. The van der Waals surface area contributed by atoms with Crippen molar-refractivity contribution in [3.05, 3.63) is 17.0 Å². The maximum absolute atomic E-state index is 6.12. The highest BCUT2D eigenvalue weighted by Crippen LogP contribution is 2.23. The second-order valence-corrected chi connectivity index (χ2v) is 7.29. The van der Waals surface area contributed by atoms with Gasteiger partial charge in [-0.25, -0.2) is 9.97 Å². The second kappa shape index (κ2) is 6.72. The molecule has 0 saturated heterocycles. The zero-order valence-corrected chi connectivity index (χ0v) is 14.4. The van der Waals surface area contributed by atoms with E-state index in [1.807, 2.05) is 0 Å². The average Bonchev–Trinajstić information content (AvgIpc) is 2.25. The van der Waals surface area contributed by atoms with Gasteiger partial charge in [0, 0.05) is 24.1 Å². The van der Waals surface area contributed by atoms with Gasteiger partial charge in [-0.2, -0.15) is 0 Å². The standard InChI is InChI=1S/C15H27ClN4/c1-10(2)11(9-20(6)7)17-13-8-12(16)18-14(19-13)15(3,4)5/h8,10-11H,9H2,1-7H3,(H,17,18,19). The summed E-state index contributed by atoms with van der Waals surface area (Å²) in [5.74, 6) is 2.07. The summed E-state index contributed by atoms with van der Waals surface area (Å²) in [6, 6.07) is 2.12. The maximum Gasteiger partial charge on any atom is 0.137 e. The van der Waals surface area contributed by atoms with Gasteiger partial charge >= 0.3 is 0 Å². The van der Waals surface area contributed by atoms with E-state index in [0.717, 1.165) is 18.2 Å². The van der Waals surface area contributed by atoms with Crippen LogP contribution in [0.25, 0.3) is 0 Å². The van der Waals surface area contributed by atoms with Gasteiger partial charge in [-0.1, -0.05) is 46.2 Å². The molecule has 0 radical (unpaired) electrons. The van der Waals surface area contributed by atoms with Gasteiger partial charge in [0.25, 0.3) is 0 Å². The molecule has 4 nitrogen and oxygen atoms in total. The Kier molecular flexibility index (Phi) is 5.78. The van der Waals surface area contributed by atoms with Crippen molar-refractivity contribution in [1.82, 2.24) is 14.9 Å².